The van der Waals surface area contributed by atoms with Gasteiger partial charge in [-0.25, -0.2) is 9.97 Å². The monoisotopic (exact) mass is 378 g/mol. The molecule has 1 aliphatic heterocycles. The molecule has 4 rings (SSSR count). The Hall–Kier alpha value is -2.92. The first-order chi connectivity index (χ1) is 13.2. The Morgan fingerprint density at radius 3 is 2.52 bits per heavy atom. The van der Waals surface area contributed by atoms with E-state index in [0.717, 1.165) is 25.1 Å². The minimum absolute atomic E-state index is 0.217. The van der Waals surface area contributed by atoms with Crippen LogP contribution in [0.25, 0.3) is 0 Å². The number of anilines is 1. The van der Waals surface area contributed by atoms with Gasteiger partial charge in [0.15, 0.2) is 0 Å². The van der Waals surface area contributed by atoms with E-state index in [1.807, 2.05) is 18.2 Å². The van der Waals surface area contributed by atoms with Crippen LogP contribution in [0.2, 0.25) is 5.02 Å². The van der Waals surface area contributed by atoms with Gasteiger partial charge in [0.2, 0.25) is 5.95 Å². The van der Waals surface area contributed by atoms with Crippen LogP contribution in [0.5, 0.6) is 0 Å². The molecule has 6 heteroatoms. The molecule has 2 heterocycles. The SMILES string of the molecule is O=C(NCc1ccccc1Cl)c1cnc(N2CCc3ccccc3C2)nc1. The first kappa shape index (κ1) is 17.5. The minimum Gasteiger partial charge on any atom is -0.348 e. The molecule has 0 bridgehead atoms. The van der Waals surface area contributed by atoms with E-state index >= 15 is 0 Å². The molecule has 1 aliphatic rings. The second-order valence-electron chi connectivity index (χ2n) is 6.49. The maximum Gasteiger partial charge on any atom is 0.254 e. The van der Waals surface area contributed by atoms with Gasteiger partial charge in [-0.3, -0.25) is 4.79 Å². The zero-order chi connectivity index (χ0) is 18.6. The molecule has 0 fully saturated rings. The molecule has 0 radical (unpaired) electrons. The van der Waals surface area contributed by atoms with Gasteiger partial charge in [-0.2, -0.15) is 0 Å². The highest BCUT2D eigenvalue weighted by atomic mass is 35.5. The summed E-state index contributed by atoms with van der Waals surface area (Å²) < 4.78 is 0. The van der Waals surface area contributed by atoms with Gasteiger partial charge in [0.25, 0.3) is 5.91 Å². The summed E-state index contributed by atoms with van der Waals surface area (Å²) in [5.74, 6) is 0.428. The molecule has 2 aromatic carbocycles. The lowest BCUT2D eigenvalue weighted by Crippen LogP contribution is -2.32. The lowest BCUT2D eigenvalue weighted by Gasteiger charge is -2.28. The normalized spacial score (nSPS) is 13.1. The Morgan fingerprint density at radius 1 is 1.04 bits per heavy atom. The number of benzene rings is 2. The van der Waals surface area contributed by atoms with E-state index in [1.165, 1.54) is 11.1 Å². The van der Waals surface area contributed by atoms with E-state index in [4.69, 9.17) is 11.6 Å². The van der Waals surface area contributed by atoms with Crippen LogP contribution in [-0.4, -0.2) is 22.4 Å². The molecule has 136 valence electrons. The zero-order valence-corrected chi connectivity index (χ0v) is 15.5. The van der Waals surface area contributed by atoms with Crippen LogP contribution in [-0.2, 0) is 19.5 Å². The number of carbonyl (C=O) groups excluding carboxylic acids is 1. The fraction of sp³-hybridized carbons (Fsp3) is 0.190. The Kier molecular flexibility index (Phi) is 5.03. The molecular formula is C21H19ClN4O. The summed E-state index contributed by atoms with van der Waals surface area (Å²) in [6, 6.07) is 15.9. The summed E-state index contributed by atoms with van der Waals surface area (Å²) in [7, 11) is 0. The molecule has 0 aliphatic carbocycles. The molecule has 0 saturated carbocycles. The molecule has 1 amide bonds. The summed E-state index contributed by atoms with van der Waals surface area (Å²) in [5, 5.41) is 3.49. The summed E-state index contributed by atoms with van der Waals surface area (Å²) in [5.41, 5.74) is 3.98. The number of nitrogens with one attached hydrogen (secondary N) is 1. The van der Waals surface area contributed by atoms with Crippen molar-refractivity contribution in [2.24, 2.45) is 0 Å². The fourth-order valence-electron chi connectivity index (χ4n) is 3.19. The van der Waals surface area contributed by atoms with Crippen molar-refractivity contribution in [2.75, 3.05) is 11.4 Å². The molecule has 1 N–H and O–H groups in total. The van der Waals surface area contributed by atoms with Crippen LogP contribution in [0.3, 0.4) is 0 Å². The molecule has 0 saturated heterocycles. The van der Waals surface area contributed by atoms with Crippen molar-refractivity contribution in [3.8, 4) is 0 Å². The number of carbonyl (C=O) groups is 1. The highest BCUT2D eigenvalue weighted by Crippen LogP contribution is 2.21. The van der Waals surface area contributed by atoms with E-state index in [2.05, 4.69) is 44.5 Å². The van der Waals surface area contributed by atoms with Gasteiger partial charge in [-0.15, -0.1) is 0 Å². The zero-order valence-electron chi connectivity index (χ0n) is 14.7. The minimum atomic E-state index is -0.217. The van der Waals surface area contributed by atoms with Crippen molar-refractivity contribution in [3.05, 3.63) is 88.2 Å². The number of halogens is 1. The lowest BCUT2D eigenvalue weighted by atomic mass is 10.0. The Morgan fingerprint density at radius 2 is 1.74 bits per heavy atom. The topological polar surface area (TPSA) is 58.1 Å². The van der Waals surface area contributed by atoms with Gasteiger partial charge < -0.3 is 10.2 Å². The average Bonchev–Trinajstić information content (AvgIpc) is 2.73. The Labute approximate surface area is 163 Å². The summed E-state index contributed by atoms with van der Waals surface area (Å²) in [4.78, 5) is 23.3. The number of hydrogen-bond donors (Lipinski definition) is 1. The van der Waals surface area contributed by atoms with Crippen LogP contribution in [0.4, 0.5) is 5.95 Å². The van der Waals surface area contributed by atoms with Crippen LogP contribution < -0.4 is 10.2 Å². The van der Waals surface area contributed by atoms with Crippen molar-refractivity contribution >= 4 is 23.5 Å². The fourth-order valence-corrected chi connectivity index (χ4v) is 3.39. The van der Waals surface area contributed by atoms with Crippen LogP contribution in [0.15, 0.2) is 60.9 Å². The molecular weight excluding hydrogens is 360 g/mol. The first-order valence-electron chi connectivity index (χ1n) is 8.86. The number of amides is 1. The molecule has 0 unspecified atom stereocenters. The van der Waals surface area contributed by atoms with E-state index < -0.39 is 0 Å². The second-order valence-corrected chi connectivity index (χ2v) is 6.89. The van der Waals surface area contributed by atoms with Crippen molar-refractivity contribution in [3.63, 3.8) is 0 Å². The highest BCUT2D eigenvalue weighted by Gasteiger charge is 2.18. The van der Waals surface area contributed by atoms with Crippen molar-refractivity contribution in [2.45, 2.75) is 19.5 Å². The molecule has 0 spiro atoms. The Balaban J connectivity index is 1.40. The quantitative estimate of drug-likeness (QED) is 0.753. The first-order valence-corrected chi connectivity index (χ1v) is 9.24. The Bertz CT molecular complexity index is 958. The maximum atomic E-state index is 12.3. The van der Waals surface area contributed by atoms with Crippen molar-refractivity contribution < 1.29 is 4.79 Å². The third-order valence-corrected chi connectivity index (χ3v) is 5.08. The lowest BCUT2D eigenvalue weighted by molar-refractivity contribution is 0.0950. The third-order valence-electron chi connectivity index (χ3n) is 4.71. The molecule has 5 nitrogen and oxygen atoms in total. The molecule has 27 heavy (non-hydrogen) atoms. The number of hydrogen-bond acceptors (Lipinski definition) is 4. The molecule has 1 aromatic heterocycles. The molecule has 3 aromatic rings. The van der Waals surface area contributed by atoms with E-state index in [-0.39, 0.29) is 5.91 Å². The van der Waals surface area contributed by atoms with Gasteiger partial charge in [0, 0.05) is 37.1 Å². The van der Waals surface area contributed by atoms with Gasteiger partial charge in [-0.1, -0.05) is 54.1 Å². The van der Waals surface area contributed by atoms with Crippen LogP contribution >= 0.6 is 11.6 Å². The summed E-state index contributed by atoms with van der Waals surface area (Å²) in [6.07, 6.45) is 4.12. The van der Waals surface area contributed by atoms with Crippen molar-refractivity contribution in [1.82, 2.24) is 15.3 Å². The van der Waals surface area contributed by atoms with E-state index in [0.29, 0.717) is 23.1 Å². The van der Waals surface area contributed by atoms with Gasteiger partial charge >= 0.3 is 0 Å². The number of aromatic nitrogens is 2. The van der Waals surface area contributed by atoms with Crippen LogP contribution in [0, 0.1) is 0 Å². The van der Waals surface area contributed by atoms with Gasteiger partial charge in [-0.05, 0) is 29.2 Å². The van der Waals surface area contributed by atoms with Crippen molar-refractivity contribution in [1.29, 1.82) is 0 Å². The highest BCUT2D eigenvalue weighted by molar-refractivity contribution is 6.31. The predicted molar refractivity (Wildman–Crippen MR) is 106 cm³/mol. The maximum absolute atomic E-state index is 12.3. The summed E-state index contributed by atoms with van der Waals surface area (Å²) >= 11 is 6.11. The molecule has 0 atom stereocenters. The number of nitrogens with zero attached hydrogens (tertiary/aromatic N) is 3. The third kappa shape index (κ3) is 3.93. The largest absolute Gasteiger partial charge is 0.348 e. The van der Waals surface area contributed by atoms with E-state index in [9.17, 15) is 4.79 Å². The summed E-state index contributed by atoms with van der Waals surface area (Å²) in [6.45, 7) is 2.02. The smallest absolute Gasteiger partial charge is 0.254 e. The van der Waals surface area contributed by atoms with E-state index in [1.54, 1.807) is 18.5 Å². The average molecular weight is 379 g/mol. The standard InChI is InChI=1S/C21H19ClN4O/c22-19-8-4-3-6-16(19)11-23-20(27)18-12-24-21(25-13-18)26-10-9-15-5-1-2-7-17(15)14-26/h1-8,12-13H,9-11,14H2,(H,23,27). The van der Waals surface area contributed by atoms with Gasteiger partial charge in [0.05, 0.1) is 5.56 Å². The predicted octanol–water partition coefficient (Wildman–Crippen LogP) is 3.62. The number of fused-ring (bicyclic) bond motifs is 1. The second kappa shape index (κ2) is 7.76. The van der Waals surface area contributed by atoms with Crippen LogP contribution in [0.1, 0.15) is 27.0 Å². The number of rotatable bonds is 4. The van der Waals surface area contributed by atoms with Gasteiger partial charge in [0.1, 0.15) is 0 Å².